The van der Waals surface area contributed by atoms with Gasteiger partial charge >= 0.3 is 5.97 Å². The predicted octanol–water partition coefficient (Wildman–Crippen LogP) is 0.282. The van der Waals surface area contributed by atoms with Crippen LogP contribution in [0.25, 0.3) is 0 Å². The van der Waals surface area contributed by atoms with Crippen LogP contribution in [0.2, 0.25) is 0 Å². The van der Waals surface area contributed by atoms with Gasteiger partial charge in [0.15, 0.2) is 0 Å². The first kappa shape index (κ1) is 12.0. The number of hydrogen-bond donors (Lipinski definition) is 1. The van der Waals surface area contributed by atoms with Crippen LogP contribution in [0.5, 0.6) is 0 Å². The normalized spacial score (nSPS) is 22.5. The van der Waals surface area contributed by atoms with Crippen molar-refractivity contribution in [1.82, 2.24) is 14.8 Å². The molecule has 1 atom stereocenters. The molecule has 1 N–H and O–H groups in total. The highest BCUT2D eigenvalue weighted by Crippen LogP contribution is 2.12. The van der Waals surface area contributed by atoms with Crippen LogP contribution >= 0.6 is 0 Å². The number of piperazine rings is 1. The molecule has 1 aromatic rings. The first-order valence-corrected chi connectivity index (χ1v) is 5.71. The van der Waals surface area contributed by atoms with E-state index in [1.165, 1.54) is 0 Å². The molecule has 1 aromatic heterocycles. The molecule has 5 nitrogen and oxygen atoms in total. The summed E-state index contributed by atoms with van der Waals surface area (Å²) in [6.45, 7) is 2.92. The van der Waals surface area contributed by atoms with E-state index in [0.29, 0.717) is 13.1 Å². The van der Waals surface area contributed by atoms with E-state index in [1.54, 1.807) is 12.4 Å². The molecule has 1 aliphatic heterocycles. The van der Waals surface area contributed by atoms with E-state index >= 15 is 0 Å². The van der Waals surface area contributed by atoms with Crippen LogP contribution in [0.1, 0.15) is 5.56 Å². The van der Waals surface area contributed by atoms with E-state index in [9.17, 15) is 9.90 Å². The Kier molecular flexibility index (Phi) is 3.71. The number of carboxylic acids is 1. The average Bonchev–Trinajstić information content (AvgIpc) is 2.32. The molecule has 17 heavy (non-hydrogen) atoms. The number of hydrogen-bond acceptors (Lipinski definition) is 4. The Morgan fingerprint density at radius 3 is 3.06 bits per heavy atom. The second kappa shape index (κ2) is 5.25. The van der Waals surface area contributed by atoms with E-state index in [4.69, 9.17) is 0 Å². The summed E-state index contributed by atoms with van der Waals surface area (Å²) < 4.78 is 0. The summed E-state index contributed by atoms with van der Waals surface area (Å²) in [5.74, 6) is -0.750. The number of aliphatic carboxylic acids is 1. The van der Waals surface area contributed by atoms with Gasteiger partial charge in [0.25, 0.3) is 0 Å². The second-order valence-electron chi connectivity index (χ2n) is 4.45. The number of carbonyl (C=O) groups is 1. The van der Waals surface area contributed by atoms with Crippen molar-refractivity contribution in [3.05, 3.63) is 30.1 Å². The molecular formula is C12H17N3O2. The van der Waals surface area contributed by atoms with Gasteiger partial charge in [0.2, 0.25) is 0 Å². The average molecular weight is 235 g/mol. The van der Waals surface area contributed by atoms with Crippen LogP contribution in [0.15, 0.2) is 24.5 Å². The third kappa shape index (κ3) is 3.01. The molecule has 2 rings (SSSR count). The third-order valence-corrected chi connectivity index (χ3v) is 3.09. The second-order valence-corrected chi connectivity index (χ2v) is 4.45. The molecule has 1 unspecified atom stereocenters. The Morgan fingerprint density at radius 2 is 2.41 bits per heavy atom. The summed E-state index contributed by atoms with van der Waals surface area (Å²) in [7, 11) is 1.96. The lowest BCUT2D eigenvalue weighted by Crippen LogP contribution is -2.54. The SMILES string of the molecule is CN1CCN(Cc2cccnc2)C(C(=O)O)C1. The Balaban J connectivity index is 2.06. The van der Waals surface area contributed by atoms with Crippen LogP contribution in [-0.4, -0.2) is 58.6 Å². The summed E-state index contributed by atoms with van der Waals surface area (Å²) in [4.78, 5) is 19.3. The van der Waals surface area contributed by atoms with Crippen LogP contribution in [0.4, 0.5) is 0 Å². The van der Waals surface area contributed by atoms with Crippen molar-refractivity contribution in [2.75, 3.05) is 26.7 Å². The fourth-order valence-corrected chi connectivity index (χ4v) is 2.11. The van der Waals surface area contributed by atoms with Crippen LogP contribution in [0, 0.1) is 0 Å². The number of likely N-dealkylation sites (N-methyl/N-ethyl adjacent to an activating group) is 1. The highest BCUT2D eigenvalue weighted by atomic mass is 16.4. The largest absolute Gasteiger partial charge is 0.480 e. The van der Waals surface area contributed by atoms with Gasteiger partial charge in [-0.1, -0.05) is 6.07 Å². The molecule has 0 aliphatic carbocycles. The molecule has 92 valence electrons. The van der Waals surface area contributed by atoms with E-state index in [1.807, 2.05) is 24.1 Å². The zero-order chi connectivity index (χ0) is 12.3. The third-order valence-electron chi connectivity index (χ3n) is 3.09. The van der Waals surface area contributed by atoms with Gasteiger partial charge in [-0.15, -0.1) is 0 Å². The van der Waals surface area contributed by atoms with E-state index in [0.717, 1.165) is 18.7 Å². The van der Waals surface area contributed by atoms with Gasteiger partial charge in [-0.2, -0.15) is 0 Å². The van der Waals surface area contributed by atoms with E-state index in [-0.39, 0.29) is 0 Å². The monoisotopic (exact) mass is 235 g/mol. The summed E-state index contributed by atoms with van der Waals surface area (Å²) >= 11 is 0. The van der Waals surface area contributed by atoms with Crippen LogP contribution in [-0.2, 0) is 11.3 Å². The molecule has 5 heteroatoms. The van der Waals surface area contributed by atoms with Crippen molar-refractivity contribution < 1.29 is 9.90 Å². The molecule has 1 saturated heterocycles. The summed E-state index contributed by atoms with van der Waals surface area (Å²) in [6, 6.07) is 3.43. The zero-order valence-corrected chi connectivity index (χ0v) is 9.91. The molecule has 0 aromatic carbocycles. The molecule has 0 radical (unpaired) electrons. The first-order valence-electron chi connectivity index (χ1n) is 5.71. The van der Waals surface area contributed by atoms with Crippen molar-refractivity contribution >= 4 is 5.97 Å². The summed E-state index contributed by atoms with van der Waals surface area (Å²) in [5, 5.41) is 9.22. The van der Waals surface area contributed by atoms with Crippen molar-refractivity contribution in [2.45, 2.75) is 12.6 Å². The maximum atomic E-state index is 11.2. The molecular weight excluding hydrogens is 218 g/mol. The highest BCUT2D eigenvalue weighted by Gasteiger charge is 2.30. The van der Waals surface area contributed by atoms with Crippen molar-refractivity contribution in [3.8, 4) is 0 Å². The fraction of sp³-hybridized carbons (Fsp3) is 0.500. The van der Waals surface area contributed by atoms with Crippen LogP contribution in [0.3, 0.4) is 0 Å². The molecule has 0 spiro atoms. The molecule has 0 bridgehead atoms. The number of rotatable bonds is 3. The number of pyridine rings is 1. The zero-order valence-electron chi connectivity index (χ0n) is 9.91. The summed E-state index contributed by atoms with van der Waals surface area (Å²) in [6.07, 6.45) is 3.51. The predicted molar refractivity (Wildman–Crippen MR) is 63.6 cm³/mol. The van der Waals surface area contributed by atoms with Gasteiger partial charge in [0.05, 0.1) is 0 Å². The Hall–Kier alpha value is -1.46. The Bertz CT molecular complexity index is 383. The smallest absolute Gasteiger partial charge is 0.322 e. The van der Waals surface area contributed by atoms with E-state index in [2.05, 4.69) is 9.88 Å². The number of nitrogens with zero attached hydrogens (tertiary/aromatic N) is 3. The van der Waals surface area contributed by atoms with Crippen molar-refractivity contribution in [2.24, 2.45) is 0 Å². The van der Waals surface area contributed by atoms with Gasteiger partial charge in [-0.05, 0) is 18.7 Å². The van der Waals surface area contributed by atoms with Gasteiger partial charge in [-0.25, -0.2) is 0 Å². The first-order chi connectivity index (χ1) is 8.16. The Morgan fingerprint density at radius 1 is 1.59 bits per heavy atom. The maximum absolute atomic E-state index is 11.2. The van der Waals surface area contributed by atoms with Crippen molar-refractivity contribution in [3.63, 3.8) is 0 Å². The minimum Gasteiger partial charge on any atom is -0.480 e. The van der Waals surface area contributed by atoms with E-state index < -0.39 is 12.0 Å². The highest BCUT2D eigenvalue weighted by molar-refractivity contribution is 5.74. The lowest BCUT2D eigenvalue weighted by atomic mass is 10.1. The van der Waals surface area contributed by atoms with Gasteiger partial charge in [0, 0.05) is 38.6 Å². The minimum atomic E-state index is -0.750. The topological polar surface area (TPSA) is 56.7 Å². The van der Waals surface area contributed by atoms with Crippen molar-refractivity contribution in [1.29, 1.82) is 0 Å². The molecule has 1 aliphatic rings. The fourth-order valence-electron chi connectivity index (χ4n) is 2.11. The molecule has 1 fully saturated rings. The van der Waals surface area contributed by atoms with Crippen LogP contribution < -0.4 is 0 Å². The lowest BCUT2D eigenvalue weighted by Gasteiger charge is -2.37. The molecule has 0 saturated carbocycles. The number of carboxylic acid groups (broad SMARTS) is 1. The van der Waals surface area contributed by atoms with Gasteiger partial charge < -0.3 is 10.0 Å². The van der Waals surface area contributed by atoms with Gasteiger partial charge in [-0.3, -0.25) is 14.7 Å². The Labute approximate surface area is 101 Å². The van der Waals surface area contributed by atoms with Gasteiger partial charge in [0.1, 0.15) is 6.04 Å². The molecule has 2 heterocycles. The minimum absolute atomic E-state index is 0.422. The maximum Gasteiger partial charge on any atom is 0.322 e. The standard InChI is InChI=1S/C12H17N3O2/c1-14-5-6-15(11(9-14)12(16)17)8-10-3-2-4-13-7-10/h2-4,7,11H,5-6,8-9H2,1H3,(H,16,17). The summed E-state index contributed by atoms with van der Waals surface area (Å²) in [5.41, 5.74) is 1.06. The number of aromatic nitrogens is 1. The lowest BCUT2D eigenvalue weighted by molar-refractivity contribution is -0.145. The molecule has 0 amide bonds. The quantitative estimate of drug-likeness (QED) is 0.815.